The largest absolute Gasteiger partial charge is 0.473 e. The molecule has 0 saturated carbocycles. The molecular weight excluding hydrogens is 416 g/mol. The third-order valence-corrected chi connectivity index (χ3v) is 4.57. The average molecular weight is 455 g/mol. The lowest BCUT2D eigenvalue weighted by Gasteiger charge is -2.24. The summed E-state index contributed by atoms with van der Waals surface area (Å²) < 4.78 is 6.12. The van der Waals surface area contributed by atoms with Crippen LogP contribution in [0.3, 0.4) is 0 Å². The molecule has 2 amide bonds. The summed E-state index contributed by atoms with van der Waals surface area (Å²) in [6.45, 7) is 12.0. The van der Waals surface area contributed by atoms with Crippen molar-refractivity contribution in [2.75, 3.05) is 12.1 Å². The van der Waals surface area contributed by atoms with E-state index in [9.17, 15) is 4.79 Å². The number of allylic oxidation sites excluding steroid dienone is 5. The lowest BCUT2D eigenvalue weighted by molar-refractivity contribution is 0.216. The van der Waals surface area contributed by atoms with E-state index in [4.69, 9.17) is 16.4 Å². The first kappa shape index (κ1) is 27.8. The predicted octanol–water partition coefficient (Wildman–Crippen LogP) is 4.81. The van der Waals surface area contributed by atoms with Gasteiger partial charge < -0.3 is 4.74 Å². The van der Waals surface area contributed by atoms with Crippen molar-refractivity contribution in [2.45, 2.75) is 60.6 Å². The van der Waals surface area contributed by atoms with Gasteiger partial charge in [0, 0.05) is 42.6 Å². The van der Waals surface area contributed by atoms with Crippen LogP contribution in [0.4, 0.5) is 10.5 Å². The molecule has 0 aliphatic rings. The molecule has 0 saturated heterocycles. The van der Waals surface area contributed by atoms with E-state index in [1.165, 1.54) is 7.05 Å². The number of nitrogens with two attached hydrogens (primary N) is 2. The van der Waals surface area contributed by atoms with Crippen molar-refractivity contribution in [3.05, 3.63) is 64.9 Å². The van der Waals surface area contributed by atoms with Gasteiger partial charge in [0.2, 0.25) is 5.90 Å². The molecule has 4 N–H and O–H groups in total. The van der Waals surface area contributed by atoms with Crippen LogP contribution in [0.1, 0.15) is 52.2 Å². The molecular formula is C25H38N6O2. The van der Waals surface area contributed by atoms with E-state index >= 15 is 0 Å². The number of urea groups is 1. The molecule has 0 aromatic heterocycles. The third kappa shape index (κ3) is 9.43. The molecule has 8 nitrogen and oxygen atoms in total. The second-order valence-electron chi connectivity index (χ2n) is 7.92. The van der Waals surface area contributed by atoms with Gasteiger partial charge in [-0.2, -0.15) is 0 Å². The minimum Gasteiger partial charge on any atom is -0.473 e. The molecule has 1 rings (SSSR count). The smallest absolute Gasteiger partial charge is 0.352 e. The van der Waals surface area contributed by atoms with Gasteiger partial charge in [-0.1, -0.05) is 30.4 Å². The Bertz CT molecular complexity index is 942. The maximum Gasteiger partial charge on any atom is 0.352 e. The molecule has 8 heteroatoms. The van der Waals surface area contributed by atoms with Gasteiger partial charge in [0.25, 0.3) is 0 Å². The van der Waals surface area contributed by atoms with Gasteiger partial charge in [0.05, 0.1) is 5.69 Å². The van der Waals surface area contributed by atoms with Crippen LogP contribution in [0, 0.1) is 6.92 Å². The number of aliphatic imine (C=N–C) groups is 2. The van der Waals surface area contributed by atoms with Gasteiger partial charge in [-0.05, 0) is 59.2 Å². The molecule has 0 unspecified atom stereocenters. The molecule has 1 aromatic rings. The van der Waals surface area contributed by atoms with Crippen LogP contribution in [-0.4, -0.2) is 36.2 Å². The fourth-order valence-electron chi connectivity index (χ4n) is 2.79. The number of rotatable bonds is 9. The Morgan fingerprint density at radius 2 is 1.94 bits per heavy atom. The van der Waals surface area contributed by atoms with Crippen LogP contribution < -0.4 is 16.7 Å². The van der Waals surface area contributed by atoms with Gasteiger partial charge in [0.15, 0.2) is 0 Å². The normalized spacial score (nSPS) is 13.3. The summed E-state index contributed by atoms with van der Waals surface area (Å²) in [5.74, 6) is 12.1. The Labute approximate surface area is 198 Å². The number of hydrogen-bond donors (Lipinski definition) is 2. The van der Waals surface area contributed by atoms with Crippen molar-refractivity contribution >= 4 is 23.8 Å². The zero-order valence-electron chi connectivity index (χ0n) is 20.9. The van der Waals surface area contributed by atoms with Crippen LogP contribution in [0.25, 0.3) is 0 Å². The van der Waals surface area contributed by atoms with Crippen molar-refractivity contribution < 1.29 is 9.53 Å². The minimum atomic E-state index is -0.535. The predicted molar refractivity (Wildman–Crippen MR) is 138 cm³/mol. The van der Waals surface area contributed by atoms with Crippen LogP contribution in [0.2, 0.25) is 0 Å². The fraction of sp³-hybridized carbons (Fsp3) is 0.400. The minimum absolute atomic E-state index is 0.0536. The van der Waals surface area contributed by atoms with Crippen LogP contribution in [0.15, 0.2) is 63.8 Å². The highest BCUT2D eigenvalue weighted by Crippen LogP contribution is 2.24. The van der Waals surface area contributed by atoms with Crippen molar-refractivity contribution in [2.24, 2.45) is 21.7 Å². The molecule has 0 spiro atoms. The molecule has 0 bridgehead atoms. The summed E-state index contributed by atoms with van der Waals surface area (Å²) in [6, 6.07) is 5.05. The van der Waals surface area contributed by atoms with E-state index in [0.29, 0.717) is 18.0 Å². The molecule has 0 aliphatic heterocycles. The Morgan fingerprint density at radius 3 is 2.55 bits per heavy atom. The Morgan fingerprint density at radius 1 is 1.24 bits per heavy atom. The molecule has 1 aromatic carbocycles. The molecule has 0 heterocycles. The fourth-order valence-corrected chi connectivity index (χ4v) is 2.79. The summed E-state index contributed by atoms with van der Waals surface area (Å²) >= 11 is 0. The SMILES string of the molecule is C\C=C/C=C(C)\N=C\C/C=C(C)\C(=N/C(C)C)OCc1c(C)cccc1N(N)C(=O)N(C)N. The summed E-state index contributed by atoms with van der Waals surface area (Å²) in [5, 5.41) is 1.95. The maximum absolute atomic E-state index is 12.3. The highest BCUT2D eigenvalue weighted by molar-refractivity contribution is 5.94. The lowest BCUT2D eigenvalue weighted by atomic mass is 10.1. The number of benzene rings is 1. The summed E-state index contributed by atoms with van der Waals surface area (Å²) in [6.07, 6.45) is 10.4. The first-order valence-electron chi connectivity index (χ1n) is 10.9. The first-order valence-corrected chi connectivity index (χ1v) is 10.9. The topological polar surface area (TPSA) is 110 Å². The van der Waals surface area contributed by atoms with E-state index in [-0.39, 0.29) is 12.6 Å². The highest BCUT2D eigenvalue weighted by atomic mass is 16.5. The van der Waals surface area contributed by atoms with Crippen LogP contribution in [0.5, 0.6) is 0 Å². The number of carbonyl (C=O) groups excluding carboxylic acids is 1. The zero-order valence-corrected chi connectivity index (χ0v) is 20.9. The quantitative estimate of drug-likeness (QED) is 0.139. The number of aryl methyl sites for hydroxylation is 1. The van der Waals surface area contributed by atoms with E-state index in [0.717, 1.165) is 32.4 Å². The van der Waals surface area contributed by atoms with E-state index in [1.807, 2.05) is 84.2 Å². The number of ether oxygens (including phenoxy) is 1. The number of anilines is 1. The highest BCUT2D eigenvalue weighted by Gasteiger charge is 2.19. The summed E-state index contributed by atoms with van der Waals surface area (Å²) in [4.78, 5) is 21.3. The molecule has 0 fully saturated rings. The number of nitrogens with zero attached hydrogens (tertiary/aromatic N) is 4. The Balaban J connectivity index is 3.07. The van der Waals surface area contributed by atoms with E-state index in [1.54, 1.807) is 6.07 Å². The Kier molecular flexibility index (Phi) is 11.8. The summed E-state index contributed by atoms with van der Waals surface area (Å²) in [5.41, 5.74) is 4.09. The molecule has 0 atom stereocenters. The van der Waals surface area contributed by atoms with Crippen molar-refractivity contribution in [3.8, 4) is 0 Å². The Hall–Kier alpha value is -3.23. The van der Waals surface area contributed by atoms with Crippen LogP contribution in [-0.2, 0) is 11.3 Å². The van der Waals surface area contributed by atoms with Crippen LogP contribution >= 0.6 is 0 Å². The maximum atomic E-state index is 12.3. The molecule has 33 heavy (non-hydrogen) atoms. The standard InChI is InChI=1S/C25H38N6O2/c1-8-9-14-21(6)28-16-11-13-20(5)24(29-18(2)3)33-17-22-19(4)12-10-15-23(22)31(27)25(32)30(7)26/h8-10,12-16,18H,11,17,26-27H2,1-7H3/b9-8-,20-13-,21-14-,28-16+,29-24+. The monoisotopic (exact) mass is 454 g/mol. The zero-order chi connectivity index (χ0) is 25.0. The first-order chi connectivity index (χ1) is 15.6. The molecule has 180 valence electrons. The average Bonchev–Trinajstić information content (AvgIpc) is 2.77. The number of amides is 2. The van der Waals surface area contributed by atoms with Gasteiger partial charge >= 0.3 is 6.03 Å². The van der Waals surface area contributed by atoms with Gasteiger partial charge in [-0.3, -0.25) is 10.0 Å². The molecule has 0 radical (unpaired) electrons. The van der Waals surface area contributed by atoms with Gasteiger partial charge in [0.1, 0.15) is 6.61 Å². The third-order valence-electron chi connectivity index (χ3n) is 4.57. The van der Waals surface area contributed by atoms with Gasteiger partial charge in [-0.15, -0.1) is 0 Å². The van der Waals surface area contributed by atoms with E-state index in [2.05, 4.69) is 9.98 Å². The number of hydrogen-bond acceptors (Lipinski definition) is 6. The lowest BCUT2D eigenvalue weighted by Crippen LogP contribution is -2.49. The summed E-state index contributed by atoms with van der Waals surface area (Å²) in [7, 11) is 1.44. The van der Waals surface area contributed by atoms with Crippen molar-refractivity contribution in [3.63, 3.8) is 0 Å². The van der Waals surface area contributed by atoms with Crippen molar-refractivity contribution in [1.82, 2.24) is 5.01 Å². The second-order valence-corrected chi connectivity index (χ2v) is 7.92. The molecule has 0 aliphatic carbocycles. The number of hydrazine groups is 2. The number of carbonyl (C=O) groups is 1. The second kappa shape index (κ2) is 14.0. The van der Waals surface area contributed by atoms with E-state index < -0.39 is 6.03 Å². The van der Waals surface area contributed by atoms with Crippen molar-refractivity contribution in [1.29, 1.82) is 0 Å². The van der Waals surface area contributed by atoms with Gasteiger partial charge in [-0.25, -0.2) is 26.5 Å².